The smallest absolute Gasteiger partial charge is 0.257 e. The molecular weight excluding hydrogens is 382 g/mol. The van der Waals surface area contributed by atoms with Gasteiger partial charge in [-0.1, -0.05) is 35.4 Å². The van der Waals surface area contributed by atoms with Crippen molar-refractivity contribution in [2.45, 2.75) is 13.8 Å². The van der Waals surface area contributed by atoms with Crippen LogP contribution in [0.5, 0.6) is 0 Å². The summed E-state index contributed by atoms with van der Waals surface area (Å²) >= 11 is 5.27. The predicted molar refractivity (Wildman–Crippen MR) is 119 cm³/mol. The number of carbonyl (C=O) groups excluding carboxylic acids is 1. The van der Waals surface area contributed by atoms with Crippen molar-refractivity contribution in [1.29, 1.82) is 0 Å². The Morgan fingerprint density at radius 3 is 2.52 bits per heavy atom. The summed E-state index contributed by atoms with van der Waals surface area (Å²) in [6.07, 6.45) is 0. The van der Waals surface area contributed by atoms with E-state index in [1.54, 1.807) is 12.1 Å². The summed E-state index contributed by atoms with van der Waals surface area (Å²) in [5.74, 6) is 0.307. The number of rotatable bonds is 3. The molecule has 0 spiro atoms. The van der Waals surface area contributed by atoms with Gasteiger partial charge in [0.2, 0.25) is 5.89 Å². The SMILES string of the molecule is Cc1ccc(C(=O)NC(=S)Nc2ccc3nc(-c4cccc(C)c4)oc3c2)cc1. The van der Waals surface area contributed by atoms with E-state index in [2.05, 4.69) is 15.6 Å². The maximum absolute atomic E-state index is 12.3. The van der Waals surface area contributed by atoms with Gasteiger partial charge in [0, 0.05) is 22.9 Å². The van der Waals surface area contributed by atoms with E-state index in [9.17, 15) is 4.79 Å². The summed E-state index contributed by atoms with van der Waals surface area (Å²) in [6.45, 7) is 4.00. The summed E-state index contributed by atoms with van der Waals surface area (Å²) in [4.78, 5) is 16.8. The third-order valence-corrected chi connectivity index (χ3v) is 4.66. The highest BCUT2D eigenvalue weighted by molar-refractivity contribution is 7.80. The molecule has 4 rings (SSSR count). The van der Waals surface area contributed by atoms with Crippen LogP contribution in [-0.2, 0) is 0 Å². The van der Waals surface area contributed by atoms with Crippen molar-refractivity contribution in [3.05, 3.63) is 83.4 Å². The van der Waals surface area contributed by atoms with Crippen LogP contribution in [0.15, 0.2) is 71.1 Å². The van der Waals surface area contributed by atoms with Crippen molar-refractivity contribution in [2.24, 2.45) is 0 Å². The minimum Gasteiger partial charge on any atom is -0.436 e. The maximum Gasteiger partial charge on any atom is 0.257 e. The first-order valence-corrected chi connectivity index (χ1v) is 9.55. The second-order valence-corrected chi connectivity index (χ2v) is 7.25. The zero-order chi connectivity index (χ0) is 20.4. The second kappa shape index (κ2) is 7.85. The van der Waals surface area contributed by atoms with E-state index < -0.39 is 0 Å². The average molecular weight is 401 g/mol. The standard InChI is InChI=1S/C23H19N3O2S/c1-14-6-8-16(9-7-14)21(27)26-23(29)24-18-10-11-19-20(13-18)28-22(25-19)17-5-3-4-15(2)12-17/h3-13H,1-2H3,(H2,24,26,27,29). The lowest BCUT2D eigenvalue weighted by atomic mass is 10.1. The van der Waals surface area contributed by atoms with E-state index in [0.717, 1.165) is 22.2 Å². The van der Waals surface area contributed by atoms with Crippen molar-refractivity contribution in [2.75, 3.05) is 5.32 Å². The molecule has 0 unspecified atom stereocenters. The van der Waals surface area contributed by atoms with E-state index in [1.165, 1.54) is 0 Å². The van der Waals surface area contributed by atoms with E-state index in [0.29, 0.717) is 22.7 Å². The molecule has 1 amide bonds. The van der Waals surface area contributed by atoms with E-state index in [-0.39, 0.29) is 11.0 Å². The van der Waals surface area contributed by atoms with E-state index >= 15 is 0 Å². The van der Waals surface area contributed by atoms with Crippen LogP contribution in [0.2, 0.25) is 0 Å². The highest BCUT2D eigenvalue weighted by atomic mass is 32.1. The van der Waals surface area contributed by atoms with Gasteiger partial charge < -0.3 is 9.73 Å². The molecule has 0 aliphatic rings. The average Bonchev–Trinajstić information content (AvgIpc) is 3.12. The molecule has 0 aliphatic carbocycles. The minimum absolute atomic E-state index is 0.216. The highest BCUT2D eigenvalue weighted by Gasteiger charge is 2.11. The summed E-state index contributed by atoms with van der Waals surface area (Å²) in [6, 6.07) is 20.8. The van der Waals surface area contributed by atoms with Gasteiger partial charge >= 0.3 is 0 Å². The van der Waals surface area contributed by atoms with Crippen molar-refractivity contribution in [3.63, 3.8) is 0 Å². The molecule has 144 valence electrons. The van der Waals surface area contributed by atoms with Gasteiger partial charge in [-0.25, -0.2) is 4.98 Å². The number of oxazole rings is 1. The molecule has 3 aromatic carbocycles. The van der Waals surface area contributed by atoms with Crippen molar-refractivity contribution < 1.29 is 9.21 Å². The number of fused-ring (bicyclic) bond motifs is 1. The fourth-order valence-corrected chi connectivity index (χ4v) is 3.16. The Morgan fingerprint density at radius 1 is 0.966 bits per heavy atom. The number of nitrogens with one attached hydrogen (secondary N) is 2. The first-order chi connectivity index (χ1) is 14.0. The Morgan fingerprint density at radius 2 is 1.76 bits per heavy atom. The van der Waals surface area contributed by atoms with Gasteiger partial charge in [0.1, 0.15) is 5.52 Å². The monoisotopic (exact) mass is 401 g/mol. The summed E-state index contributed by atoms with van der Waals surface area (Å²) in [5.41, 5.74) is 5.80. The third-order valence-electron chi connectivity index (χ3n) is 4.45. The number of amides is 1. The molecule has 5 nitrogen and oxygen atoms in total. The Bertz CT molecular complexity index is 1210. The molecule has 0 radical (unpaired) electrons. The number of anilines is 1. The second-order valence-electron chi connectivity index (χ2n) is 6.85. The lowest BCUT2D eigenvalue weighted by molar-refractivity contribution is 0.0977. The van der Waals surface area contributed by atoms with Crippen LogP contribution in [-0.4, -0.2) is 16.0 Å². The summed E-state index contributed by atoms with van der Waals surface area (Å²) in [7, 11) is 0. The molecule has 0 saturated carbocycles. The van der Waals surface area contributed by atoms with Gasteiger partial charge in [-0.2, -0.15) is 0 Å². The summed E-state index contributed by atoms with van der Waals surface area (Å²) < 4.78 is 5.91. The molecule has 2 N–H and O–H groups in total. The molecule has 4 aromatic rings. The van der Waals surface area contributed by atoms with Crippen molar-refractivity contribution in [3.8, 4) is 11.5 Å². The van der Waals surface area contributed by atoms with Crippen LogP contribution in [0.3, 0.4) is 0 Å². The van der Waals surface area contributed by atoms with Gasteiger partial charge in [0.05, 0.1) is 0 Å². The van der Waals surface area contributed by atoms with Crippen LogP contribution in [0, 0.1) is 13.8 Å². The first kappa shape index (κ1) is 18.8. The minimum atomic E-state index is -0.259. The number of benzene rings is 3. The number of thiocarbonyl (C=S) groups is 1. The van der Waals surface area contributed by atoms with Crippen LogP contribution in [0.1, 0.15) is 21.5 Å². The molecule has 6 heteroatoms. The molecule has 0 bridgehead atoms. The van der Waals surface area contributed by atoms with Crippen LogP contribution in [0.25, 0.3) is 22.6 Å². The Labute approximate surface area is 173 Å². The van der Waals surface area contributed by atoms with Gasteiger partial charge in [-0.3, -0.25) is 10.1 Å². The van der Waals surface area contributed by atoms with Gasteiger partial charge in [-0.05, 0) is 62.5 Å². The number of aryl methyl sites for hydroxylation is 2. The van der Waals surface area contributed by atoms with Crippen LogP contribution >= 0.6 is 12.2 Å². The fraction of sp³-hybridized carbons (Fsp3) is 0.0870. The van der Waals surface area contributed by atoms with Gasteiger partial charge in [-0.15, -0.1) is 0 Å². The fourth-order valence-electron chi connectivity index (χ4n) is 2.95. The van der Waals surface area contributed by atoms with Crippen molar-refractivity contribution in [1.82, 2.24) is 10.3 Å². The lowest BCUT2D eigenvalue weighted by Gasteiger charge is -2.09. The zero-order valence-electron chi connectivity index (χ0n) is 16.0. The lowest BCUT2D eigenvalue weighted by Crippen LogP contribution is -2.34. The highest BCUT2D eigenvalue weighted by Crippen LogP contribution is 2.26. The Kier molecular flexibility index (Phi) is 5.10. The Balaban J connectivity index is 1.48. The number of aromatic nitrogens is 1. The van der Waals surface area contributed by atoms with Crippen LogP contribution < -0.4 is 10.6 Å². The molecule has 1 aromatic heterocycles. The van der Waals surface area contributed by atoms with Gasteiger partial charge in [0.25, 0.3) is 5.91 Å². The molecule has 29 heavy (non-hydrogen) atoms. The largest absolute Gasteiger partial charge is 0.436 e. The number of hydrogen-bond acceptors (Lipinski definition) is 4. The summed E-state index contributed by atoms with van der Waals surface area (Å²) in [5, 5.41) is 5.92. The normalized spacial score (nSPS) is 10.7. The van der Waals surface area contributed by atoms with E-state index in [4.69, 9.17) is 16.6 Å². The van der Waals surface area contributed by atoms with Crippen molar-refractivity contribution >= 4 is 40.0 Å². The predicted octanol–water partition coefficient (Wildman–Crippen LogP) is 5.24. The maximum atomic E-state index is 12.3. The first-order valence-electron chi connectivity index (χ1n) is 9.14. The molecule has 0 atom stereocenters. The number of nitrogens with zero attached hydrogens (tertiary/aromatic N) is 1. The molecule has 1 heterocycles. The van der Waals surface area contributed by atoms with Gasteiger partial charge in [0.15, 0.2) is 10.7 Å². The molecule has 0 aliphatic heterocycles. The molecule has 0 saturated heterocycles. The number of hydrogen-bond donors (Lipinski definition) is 2. The number of carbonyl (C=O) groups is 1. The zero-order valence-corrected chi connectivity index (χ0v) is 16.8. The molecule has 0 fully saturated rings. The Hall–Kier alpha value is -3.51. The third kappa shape index (κ3) is 4.33. The topological polar surface area (TPSA) is 67.2 Å². The molecular formula is C23H19N3O2S. The van der Waals surface area contributed by atoms with E-state index in [1.807, 2.05) is 68.4 Å². The quantitative estimate of drug-likeness (QED) is 0.460. The van der Waals surface area contributed by atoms with Crippen LogP contribution in [0.4, 0.5) is 5.69 Å².